The van der Waals surface area contributed by atoms with Gasteiger partial charge in [-0.25, -0.2) is 0 Å². The van der Waals surface area contributed by atoms with Crippen LogP contribution in [0.15, 0.2) is 48.5 Å². The van der Waals surface area contributed by atoms with E-state index in [0.29, 0.717) is 10.8 Å². The molecule has 2 aromatic carbocycles. The Morgan fingerprint density at radius 2 is 1.82 bits per heavy atom. The van der Waals surface area contributed by atoms with E-state index < -0.39 is 0 Å². The minimum Gasteiger partial charge on any atom is -0.327 e. The average molecular weight is 312 g/mol. The first-order valence-electron chi connectivity index (χ1n) is 6.68. The molecule has 0 aliphatic rings. The second-order valence-electron chi connectivity index (χ2n) is 4.79. The number of rotatable bonds is 3. The molecule has 0 bridgehead atoms. The van der Waals surface area contributed by atoms with Crippen LogP contribution in [0.3, 0.4) is 0 Å². The molecule has 0 saturated heterocycles. The topological polar surface area (TPSA) is 68.8 Å². The molecular weight excluding hydrogens is 298 g/mol. The monoisotopic (exact) mass is 311 g/mol. The molecule has 1 heterocycles. The van der Waals surface area contributed by atoms with E-state index in [4.69, 9.17) is 22.4 Å². The second kappa shape index (κ2) is 5.61. The van der Waals surface area contributed by atoms with Crippen molar-refractivity contribution < 1.29 is 0 Å². The highest BCUT2D eigenvalue weighted by Crippen LogP contribution is 2.32. The minimum atomic E-state index is 0.00241. The molecule has 110 valence electrons. The molecule has 0 fully saturated rings. The zero-order valence-electron chi connectivity index (χ0n) is 11.9. The van der Waals surface area contributed by atoms with Crippen LogP contribution in [0.4, 0.5) is 11.5 Å². The molecule has 3 rings (SSSR count). The van der Waals surface area contributed by atoms with Gasteiger partial charge in [-0.05, 0) is 24.3 Å². The summed E-state index contributed by atoms with van der Waals surface area (Å²) in [5, 5.41) is 17.0. The normalized spacial score (nSPS) is 10.6. The van der Waals surface area contributed by atoms with Gasteiger partial charge in [0.15, 0.2) is 0 Å². The van der Waals surface area contributed by atoms with Crippen molar-refractivity contribution in [3.05, 3.63) is 59.2 Å². The number of hydrogen-bond donors (Lipinski definition) is 2. The maximum Gasteiger partial charge on any atom is 0.229 e. The van der Waals surface area contributed by atoms with Gasteiger partial charge in [0.2, 0.25) is 5.62 Å². The molecule has 6 heteroatoms. The Balaban J connectivity index is 2.30. The number of para-hydroxylation sites is 2. The minimum absolute atomic E-state index is 0.00241. The van der Waals surface area contributed by atoms with Gasteiger partial charge in [0, 0.05) is 12.4 Å². The number of halogens is 1. The Bertz CT molecular complexity index is 916. The predicted octanol–water partition coefficient (Wildman–Crippen LogP) is 3.39. The number of nitrogens with zero attached hydrogens (tertiary/aromatic N) is 3. The first kappa shape index (κ1) is 14.3. The van der Waals surface area contributed by atoms with E-state index in [9.17, 15) is 0 Å². The molecule has 0 aliphatic carbocycles. The van der Waals surface area contributed by atoms with Crippen LogP contribution in [0, 0.1) is 10.8 Å². The van der Waals surface area contributed by atoms with Crippen molar-refractivity contribution in [2.45, 2.75) is 0 Å². The van der Waals surface area contributed by atoms with Crippen LogP contribution in [-0.2, 0) is 0 Å². The summed E-state index contributed by atoms with van der Waals surface area (Å²) in [5.74, 6) is 0.631. The molecule has 3 aromatic rings. The van der Waals surface area contributed by atoms with Gasteiger partial charge >= 0.3 is 0 Å². The SMILES string of the molecule is CN(c1ccccc1Cl)c1nc(=N)n(C=N)c2ccccc12. The predicted molar refractivity (Wildman–Crippen MR) is 89.3 cm³/mol. The third kappa shape index (κ3) is 2.25. The van der Waals surface area contributed by atoms with E-state index in [0.717, 1.165) is 22.9 Å². The number of hydrogen-bond acceptors (Lipinski definition) is 4. The van der Waals surface area contributed by atoms with Crippen LogP contribution in [-0.4, -0.2) is 22.9 Å². The van der Waals surface area contributed by atoms with Gasteiger partial charge < -0.3 is 4.90 Å². The van der Waals surface area contributed by atoms with Crippen LogP contribution in [0.25, 0.3) is 10.9 Å². The molecule has 2 N–H and O–H groups in total. The smallest absolute Gasteiger partial charge is 0.229 e. The third-order valence-electron chi connectivity index (χ3n) is 3.51. The molecule has 0 atom stereocenters. The van der Waals surface area contributed by atoms with Crippen LogP contribution in [0.2, 0.25) is 5.02 Å². The summed E-state index contributed by atoms with van der Waals surface area (Å²) in [6.45, 7) is 0. The number of anilines is 2. The van der Waals surface area contributed by atoms with Crippen LogP contribution >= 0.6 is 11.6 Å². The van der Waals surface area contributed by atoms with Gasteiger partial charge in [0.05, 0.1) is 22.6 Å². The lowest BCUT2D eigenvalue weighted by molar-refractivity contribution is 0.915. The van der Waals surface area contributed by atoms with Crippen LogP contribution in [0.1, 0.15) is 0 Å². The molecule has 0 unspecified atom stereocenters. The zero-order valence-corrected chi connectivity index (χ0v) is 12.7. The fourth-order valence-corrected chi connectivity index (χ4v) is 2.69. The van der Waals surface area contributed by atoms with Crippen molar-refractivity contribution in [1.82, 2.24) is 9.55 Å². The van der Waals surface area contributed by atoms with Crippen molar-refractivity contribution >= 4 is 40.3 Å². The Hall–Kier alpha value is -2.66. The van der Waals surface area contributed by atoms with Gasteiger partial charge in [-0.3, -0.25) is 15.4 Å². The van der Waals surface area contributed by atoms with Crippen LogP contribution in [0.5, 0.6) is 0 Å². The lowest BCUT2D eigenvalue weighted by atomic mass is 10.2. The molecule has 0 spiro atoms. The summed E-state index contributed by atoms with van der Waals surface area (Å²) in [6, 6.07) is 15.1. The van der Waals surface area contributed by atoms with Gasteiger partial charge in [-0.2, -0.15) is 4.98 Å². The largest absolute Gasteiger partial charge is 0.327 e. The summed E-state index contributed by atoms with van der Waals surface area (Å²) in [4.78, 5) is 6.19. The second-order valence-corrected chi connectivity index (χ2v) is 5.19. The lowest BCUT2D eigenvalue weighted by Gasteiger charge is -2.22. The van der Waals surface area contributed by atoms with Crippen LogP contribution < -0.4 is 10.5 Å². The summed E-state index contributed by atoms with van der Waals surface area (Å²) < 4.78 is 1.43. The number of nitrogens with one attached hydrogen (secondary N) is 2. The number of fused-ring (bicyclic) bond motifs is 1. The molecule has 0 saturated carbocycles. The van der Waals surface area contributed by atoms with E-state index in [-0.39, 0.29) is 5.62 Å². The van der Waals surface area contributed by atoms with Gasteiger partial charge in [0.1, 0.15) is 5.82 Å². The van der Waals surface area contributed by atoms with Crippen molar-refractivity contribution in [3.63, 3.8) is 0 Å². The molecule has 0 radical (unpaired) electrons. The average Bonchev–Trinajstić information content (AvgIpc) is 2.54. The fourth-order valence-electron chi connectivity index (χ4n) is 2.43. The van der Waals surface area contributed by atoms with E-state index >= 15 is 0 Å². The van der Waals surface area contributed by atoms with Crippen molar-refractivity contribution in [1.29, 1.82) is 10.8 Å². The summed E-state index contributed by atoms with van der Waals surface area (Å²) in [6.07, 6.45) is 1.09. The highest BCUT2D eigenvalue weighted by atomic mass is 35.5. The zero-order chi connectivity index (χ0) is 15.7. The summed E-state index contributed by atoms with van der Waals surface area (Å²) >= 11 is 6.26. The van der Waals surface area contributed by atoms with Crippen molar-refractivity contribution in [2.24, 2.45) is 0 Å². The highest BCUT2D eigenvalue weighted by molar-refractivity contribution is 6.33. The summed E-state index contributed by atoms with van der Waals surface area (Å²) in [7, 11) is 1.87. The standard InChI is InChI=1S/C16H14ClN5/c1-21(14-9-5-3-7-12(14)17)15-11-6-2-4-8-13(11)22(10-18)16(19)20-15/h2-10,18-19H,1H3. The Labute approximate surface area is 132 Å². The maximum absolute atomic E-state index is 8.04. The van der Waals surface area contributed by atoms with Gasteiger partial charge in [-0.15, -0.1) is 0 Å². The molecule has 0 amide bonds. The lowest BCUT2D eigenvalue weighted by Crippen LogP contribution is -2.26. The maximum atomic E-state index is 8.04. The molecule has 5 nitrogen and oxygen atoms in total. The molecule has 22 heavy (non-hydrogen) atoms. The van der Waals surface area contributed by atoms with E-state index in [2.05, 4.69) is 4.98 Å². The fraction of sp³-hybridized carbons (Fsp3) is 0.0625. The molecule has 0 aliphatic heterocycles. The van der Waals surface area contributed by atoms with Gasteiger partial charge in [-0.1, -0.05) is 35.9 Å². The Morgan fingerprint density at radius 3 is 2.55 bits per heavy atom. The van der Waals surface area contributed by atoms with Crippen molar-refractivity contribution in [2.75, 3.05) is 11.9 Å². The van der Waals surface area contributed by atoms with E-state index in [1.165, 1.54) is 4.57 Å². The third-order valence-corrected chi connectivity index (χ3v) is 3.82. The molecule has 1 aromatic heterocycles. The first-order chi connectivity index (χ1) is 10.6. The number of benzene rings is 2. The highest BCUT2D eigenvalue weighted by Gasteiger charge is 2.14. The molecular formula is C16H14ClN5. The first-order valence-corrected chi connectivity index (χ1v) is 7.06. The Morgan fingerprint density at radius 1 is 1.14 bits per heavy atom. The Kier molecular flexibility index (Phi) is 3.65. The van der Waals surface area contributed by atoms with Gasteiger partial charge in [0.25, 0.3) is 0 Å². The summed E-state index contributed by atoms with van der Waals surface area (Å²) in [5.41, 5.74) is 1.57. The quantitative estimate of drug-likeness (QED) is 0.575. The number of aromatic nitrogens is 2. The van der Waals surface area contributed by atoms with E-state index in [1.54, 1.807) is 0 Å². The van der Waals surface area contributed by atoms with Crippen molar-refractivity contribution in [3.8, 4) is 0 Å². The van der Waals surface area contributed by atoms with E-state index in [1.807, 2.05) is 60.5 Å².